The van der Waals surface area contributed by atoms with Gasteiger partial charge in [0, 0.05) is 67.1 Å². The Morgan fingerprint density at radius 3 is 2.38 bits per heavy atom. The van der Waals surface area contributed by atoms with E-state index in [9.17, 15) is 14.7 Å². The Kier molecular flexibility index (Phi) is 8.70. The van der Waals surface area contributed by atoms with Crippen molar-refractivity contribution in [2.75, 3.05) is 25.5 Å². The van der Waals surface area contributed by atoms with E-state index in [2.05, 4.69) is 11.2 Å². The summed E-state index contributed by atoms with van der Waals surface area (Å²) in [6, 6.07) is 20.5. The average molecular weight is 635 g/mol. The minimum atomic E-state index is -0.472. The van der Waals surface area contributed by atoms with Crippen molar-refractivity contribution < 1.29 is 19.1 Å². The molecular weight excluding hydrogens is 595 g/mol. The highest BCUT2D eigenvalue weighted by Crippen LogP contribution is 2.35. The second-order valence-electron chi connectivity index (χ2n) is 12.5. The molecule has 2 amide bonds. The van der Waals surface area contributed by atoms with E-state index in [1.165, 1.54) is 29.8 Å². The summed E-state index contributed by atoms with van der Waals surface area (Å²) >= 11 is 0. The number of benzene rings is 3. The van der Waals surface area contributed by atoms with Crippen molar-refractivity contribution >= 4 is 23.2 Å². The maximum absolute atomic E-state index is 15.1. The standard InChI is InChI=1S/C37H39FN6O3/c1-24-18-26-8-6-7-9-27(26)22-43(24)36(46)32-15-10-28(38)19-34(32)35-20-33(25(2)42(35)17-16-40(3)4)37(47)44(30-21-39-41(5)23-30)29-11-13-31(45)14-12-29/h6-15,19-21,23-24,45H,16-18,22H2,1-5H3/t24-/m1/s1. The number of rotatable bonds is 8. The van der Waals surface area contributed by atoms with Gasteiger partial charge >= 0.3 is 0 Å². The Hall–Kier alpha value is -5.22. The van der Waals surface area contributed by atoms with Crippen LogP contribution in [0.1, 0.15) is 44.5 Å². The van der Waals surface area contributed by atoms with Crippen molar-refractivity contribution in [1.29, 1.82) is 0 Å². The van der Waals surface area contributed by atoms with Crippen LogP contribution in [-0.4, -0.2) is 67.8 Å². The Bertz CT molecular complexity index is 1940. The number of nitrogens with zero attached hydrogens (tertiary/aromatic N) is 6. The summed E-state index contributed by atoms with van der Waals surface area (Å²) in [6.45, 7) is 5.53. The van der Waals surface area contributed by atoms with Crippen LogP contribution in [0, 0.1) is 12.7 Å². The molecule has 0 bridgehead atoms. The molecule has 5 aromatic rings. The number of aromatic hydroxyl groups is 1. The molecule has 1 aliphatic rings. The van der Waals surface area contributed by atoms with E-state index in [-0.39, 0.29) is 23.6 Å². The number of aromatic nitrogens is 3. The fourth-order valence-electron chi connectivity index (χ4n) is 6.32. The maximum atomic E-state index is 15.1. The first kappa shape index (κ1) is 31.7. The predicted molar refractivity (Wildman–Crippen MR) is 180 cm³/mol. The van der Waals surface area contributed by atoms with E-state index in [1.807, 2.05) is 60.5 Å². The van der Waals surface area contributed by atoms with Crippen molar-refractivity contribution in [2.24, 2.45) is 7.05 Å². The highest BCUT2D eigenvalue weighted by Gasteiger charge is 2.31. The number of phenolic OH excluding ortho intramolecular Hbond substituents is 1. The number of hydrogen-bond donors (Lipinski definition) is 1. The van der Waals surface area contributed by atoms with Crippen molar-refractivity contribution in [3.63, 3.8) is 0 Å². The number of carbonyl (C=O) groups is 2. The molecule has 9 nitrogen and oxygen atoms in total. The fourth-order valence-corrected chi connectivity index (χ4v) is 6.32. The van der Waals surface area contributed by atoms with Crippen molar-refractivity contribution in [1.82, 2.24) is 24.1 Å². The third kappa shape index (κ3) is 6.29. The van der Waals surface area contributed by atoms with Gasteiger partial charge < -0.3 is 19.5 Å². The topological polar surface area (TPSA) is 86.8 Å². The molecule has 10 heteroatoms. The summed E-state index contributed by atoms with van der Waals surface area (Å²) in [5.74, 6) is -0.901. The number of fused-ring (bicyclic) bond motifs is 1. The zero-order valence-corrected chi connectivity index (χ0v) is 27.3. The maximum Gasteiger partial charge on any atom is 0.264 e. The van der Waals surface area contributed by atoms with Crippen LogP contribution in [0.2, 0.25) is 0 Å². The van der Waals surface area contributed by atoms with Crippen LogP contribution in [0.15, 0.2) is 85.2 Å². The van der Waals surface area contributed by atoms with Gasteiger partial charge in [0.05, 0.1) is 17.4 Å². The molecule has 1 atom stereocenters. The van der Waals surface area contributed by atoms with E-state index >= 15 is 4.39 Å². The zero-order valence-electron chi connectivity index (χ0n) is 27.3. The molecule has 6 rings (SSSR count). The number of aryl methyl sites for hydroxylation is 1. The highest BCUT2D eigenvalue weighted by atomic mass is 19.1. The molecule has 1 aliphatic heterocycles. The van der Waals surface area contributed by atoms with Gasteiger partial charge in [-0.2, -0.15) is 5.10 Å². The largest absolute Gasteiger partial charge is 0.508 e. The third-order valence-electron chi connectivity index (χ3n) is 8.88. The van der Waals surface area contributed by atoms with Crippen LogP contribution in [0.4, 0.5) is 15.8 Å². The number of amides is 2. The molecule has 0 saturated heterocycles. The molecule has 3 heterocycles. The lowest BCUT2D eigenvalue weighted by Gasteiger charge is -2.35. The molecule has 0 unspecified atom stereocenters. The SMILES string of the molecule is Cc1c(C(=O)N(c2ccc(O)cc2)c2cnn(C)c2)cc(-c2cc(F)ccc2C(=O)N2Cc3ccccc3C[C@H]2C)n1CCN(C)C. The lowest BCUT2D eigenvalue weighted by Crippen LogP contribution is -2.42. The molecule has 3 aromatic carbocycles. The fraction of sp³-hybridized carbons (Fsp3) is 0.270. The lowest BCUT2D eigenvalue weighted by atomic mass is 9.93. The van der Waals surface area contributed by atoms with Gasteiger partial charge in [0.1, 0.15) is 11.6 Å². The molecule has 0 saturated carbocycles. The number of phenols is 1. The van der Waals surface area contributed by atoms with Gasteiger partial charge in [0.15, 0.2) is 0 Å². The molecule has 1 N–H and O–H groups in total. The van der Waals surface area contributed by atoms with Gasteiger partial charge in [0.25, 0.3) is 11.8 Å². The number of likely N-dealkylation sites (N-methyl/N-ethyl adjacent to an activating group) is 1. The van der Waals surface area contributed by atoms with Crippen molar-refractivity contribution in [3.05, 3.63) is 119 Å². The van der Waals surface area contributed by atoms with Gasteiger partial charge in [-0.25, -0.2) is 4.39 Å². The van der Waals surface area contributed by atoms with E-state index in [0.717, 1.165) is 12.0 Å². The summed E-state index contributed by atoms with van der Waals surface area (Å²) in [4.78, 5) is 34.3. The summed E-state index contributed by atoms with van der Waals surface area (Å²) in [6.07, 6.45) is 4.08. The number of hydrogen-bond acceptors (Lipinski definition) is 5. The quantitative estimate of drug-likeness (QED) is 0.221. The normalized spacial score (nSPS) is 14.4. The molecule has 47 heavy (non-hydrogen) atoms. The first-order chi connectivity index (χ1) is 22.5. The summed E-state index contributed by atoms with van der Waals surface area (Å²) in [7, 11) is 5.70. The third-order valence-corrected chi connectivity index (χ3v) is 8.88. The van der Waals surface area contributed by atoms with E-state index in [4.69, 9.17) is 0 Å². The van der Waals surface area contributed by atoms with Gasteiger partial charge in [-0.3, -0.25) is 19.2 Å². The molecule has 242 valence electrons. The number of halogens is 1. The number of carbonyl (C=O) groups excluding carboxylic acids is 2. The number of anilines is 2. The minimum Gasteiger partial charge on any atom is -0.508 e. The first-order valence-corrected chi connectivity index (χ1v) is 15.7. The Balaban J connectivity index is 1.47. The van der Waals surface area contributed by atoms with Crippen molar-refractivity contribution in [2.45, 2.75) is 39.4 Å². The molecule has 0 spiro atoms. The van der Waals surface area contributed by atoms with Crippen LogP contribution in [0.3, 0.4) is 0 Å². The molecule has 0 aliphatic carbocycles. The van der Waals surface area contributed by atoms with E-state index in [0.29, 0.717) is 59.1 Å². The molecule has 0 fully saturated rings. The highest BCUT2D eigenvalue weighted by molar-refractivity contribution is 6.12. The van der Waals surface area contributed by atoms with Crippen LogP contribution in [0.5, 0.6) is 5.75 Å². The Morgan fingerprint density at radius 1 is 0.979 bits per heavy atom. The zero-order chi connectivity index (χ0) is 33.4. The Morgan fingerprint density at radius 2 is 1.70 bits per heavy atom. The van der Waals surface area contributed by atoms with Crippen LogP contribution >= 0.6 is 0 Å². The van der Waals surface area contributed by atoms with E-state index < -0.39 is 5.82 Å². The lowest BCUT2D eigenvalue weighted by molar-refractivity contribution is 0.0659. The van der Waals surface area contributed by atoms with Crippen LogP contribution in [-0.2, 0) is 26.6 Å². The Labute approximate surface area is 274 Å². The van der Waals surface area contributed by atoms with Gasteiger partial charge in [-0.15, -0.1) is 0 Å². The average Bonchev–Trinajstić information content (AvgIpc) is 3.62. The second kappa shape index (κ2) is 12.9. The monoisotopic (exact) mass is 634 g/mol. The molecule has 2 aromatic heterocycles. The predicted octanol–water partition coefficient (Wildman–Crippen LogP) is 6.17. The second-order valence-corrected chi connectivity index (χ2v) is 12.5. The first-order valence-electron chi connectivity index (χ1n) is 15.7. The van der Waals surface area contributed by atoms with Crippen LogP contribution in [0.25, 0.3) is 11.3 Å². The minimum absolute atomic E-state index is 0.0481. The summed E-state index contributed by atoms with van der Waals surface area (Å²) in [5, 5.41) is 14.2. The summed E-state index contributed by atoms with van der Waals surface area (Å²) in [5.41, 5.74) is 5.90. The van der Waals surface area contributed by atoms with Crippen molar-refractivity contribution in [3.8, 4) is 17.0 Å². The van der Waals surface area contributed by atoms with E-state index in [1.54, 1.807) is 53.3 Å². The summed E-state index contributed by atoms with van der Waals surface area (Å²) < 4.78 is 18.7. The van der Waals surface area contributed by atoms with Gasteiger partial charge in [-0.05, 0) is 94.0 Å². The van der Waals surface area contributed by atoms with Gasteiger partial charge in [-0.1, -0.05) is 24.3 Å². The molecular formula is C37H39FN6O3. The molecule has 0 radical (unpaired) electrons. The smallest absolute Gasteiger partial charge is 0.264 e. The van der Waals surface area contributed by atoms with Crippen LogP contribution < -0.4 is 4.90 Å². The van der Waals surface area contributed by atoms with Gasteiger partial charge in [0.2, 0.25) is 0 Å².